The normalized spacial score (nSPS) is 12.0. The molecule has 0 unspecified atom stereocenters. The zero-order chi connectivity index (χ0) is 16.5. The van der Waals surface area contributed by atoms with Gasteiger partial charge in [0.25, 0.3) is 0 Å². The van der Waals surface area contributed by atoms with Crippen molar-refractivity contribution in [3.8, 4) is 0 Å². The van der Waals surface area contributed by atoms with E-state index < -0.39 is 8.80 Å². The molecule has 0 heterocycles. The van der Waals surface area contributed by atoms with Gasteiger partial charge >= 0.3 is 8.80 Å². The molecule has 0 radical (unpaired) electrons. The molecule has 0 aliphatic heterocycles. The van der Waals surface area contributed by atoms with Gasteiger partial charge in [-0.3, -0.25) is 0 Å². The van der Waals surface area contributed by atoms with Gasteiger partial charge < -0.3 is 23.9 Å². The van der Waals surface area contributed by atoms with Crippen molar-refractivity contribution in [2.45, 2.75) is 59.4 Å². The first-order chi connectivity index (χ1) is 10.7. The lowest BCUT2D eigenvalue weighted by molar-refractivity contribution is 0.0708. The molecule has 5 nitrogen and oxygen atoms in total. The number of nitrogens with one attached hydrogen (secondary N) is 2. The lowest BCUT2D eigenvalue weighted by Crippen LogP contribution is -2.46. The van der Waals surface area contributed by atoms with Crippen molar-refractivity contribution in [2.75, 3.05) is 46.0 Å². The van der Waals surface area contributed by atoms with Crippen LogP contribution in [0, 0.1) is 0 Å². The van der Waals surface area contributed by atoms with Gasteiger partial charge in [-0.1, -0.05) is 19.8 Å². The molecule has 134 valence electrons. The Morgan fingerprint density at radius 3 is 1.59 bits per heavy atom. The topological polar surface area (TPSA) is 51.8 Å². The number of rotatable bonds is 17. The molecule has 0 amide bonds. The molecule has 0 atom stereocenters. The molecule has 2 N–H and O–H groups in total. The lowest BCUT2D eigenvalue weighted by Gasteiger charge is -2.28. The van der Waals surface area contributed by atoms with E-state index >= 15 is 0 Å². The molecular weight excluding hydrogens is 296 g/mol. The average molecular weight is 335 g/mol. The van der Waals surface area contributed by atoms with E-state index in [4.69, 9.17) is 13.3 Å². The van der Waals surface area contributed by atoms with Crippen molar-refractivity contribution in [2.24, 2.45) is 0 Å². The van der Waals surface area contributed by atoms with Crippen LogP contribution in [0.4, 0.5) is 0 Å². The van der Waals surface area contributed by atoms with Gasteiger partial charge in [-0.25, -0.2) is 0 Å². The zero-order valence-corrected chi connectivity index (χ0v) is 16.2. The second kappa shape index (κ2) is 15.9. The van der Waals surface area contributed by atoms with E-state index in [1.165, 1.54) is 19.3 Å². The minimum Gasteiger partial charge on any atom is -0.374 e. The van der Waals surface area contributed by atoms with Crippen molar-refractivity contribution in [1.29, 1.82) is 0 Å². The Kier molecular flexibility index (Phi) is 15.9. The van der Waals surface area contributed by atoms with Crippen molar-refractivity contribution in [3.63, 3.8) is 0 Å². The third-order valence-electron chi connectivity index (χ3n) is 3.36. The van der Waals surface area contributed by atoms with E-state index in [1.54, 1.807) is 0 Å². The van der Waals surface area contributed by atoms with Gasteiger partial charge in [-0.2, -0.15) is 0 Å². The molecule has 0 aliphatic rings. The predicted molar refractivity (Wildman–Crippen MR) is 95.3 cm³/mol. The highest BCUT2D eigenvalue weighted by Gasteiger charge is 2.39. The summed E-state index contributed by atoms with van der Waals surface area (Å²) in [6.45, 7) is 14.4. The van der Waals surface area contributed by atoms with Crippen LogP contribution in [0.2, 0.25) is 6.04 Å². The summed E-state index contributed by atoms with van der Waals surface area (Å²) in [6, 6.07) is 0.888. The van der Waals surface area contributed by atoms with Gasteiger partial charge in [0.15, 0.2) is 0 Å². The molecule has 0 aliphatic carbocycles. The third kappa shape index (κ3) is 11.6. The van der Waals surface area contributed by atoms with E-state index in [-0.39, 0.29) is 0 Å². The Morgan fingerprint density at radius 1 is 0.636 bits per heavy atom. The molecule has 0 rings (SSSR count). The van der Waals surface area contributed by atoms with Crippen LogP contribution in [-0.4, -0.2) is 54.8 Å². The first-order valence-electron chi connectivity index (χ1n) is 9.07. The van der Waals surface area contributed by atoms with E-state index in [1.807, 2.05) is 20.8 Å². The van der Waals surface area contributed by atoms with Gasteiger partial charge in [-0.15, -0.1) is 0 Å². The monoisotopic (exact) mass is 334 g/mol. The van der Waals surface area contributed by atoms with E-state index in [2.05, 4.69) is 17.6 Å². The fourth-order valence-corrected chi connectivity index (χ4v) is 4.97. The molecule has 22 heavy (non-hydrogen) atoms. The molecule has 0 aromatic carbocycles. The van der Waals surface area contributed by atoms with Crippen LogP contribution >= 0.6 is 0 Å². The Balaban J connectivity index is 3.70. The van der Waals surface area contributed by atoms with Gasteiger partial charge in [0.2, 0.25) is 0 Å². The summed E-state index contributed by atoms with van der Waals surface area (Å²) >= 11 is 0. The predicted octanol–water partition coefficient (Wildman–Crippen LogP) is 2.79. The standard InChI is InChI=1S/C16H38N2O3Si/c1-5-9-10-12-17-14-15-18-13-11-16-22(19-6-2,20-7-3)21-8-4/h17-18H,5-16H2,1-4H3. The van der Waals surface area contributed by atoms with Crippen LogP contribution in [0.5, 0.6) is 0 Å². The molecule has 0 aromatic heterocycles. The van der Waals surface area contributed by atoms with E-state index in [9.17, 15) is 0 Å². The Labute approximate surface area is 138 Å². The largest absolute Gasteiger partial charge is 0.500 e. The van der Waals surface area contributed by atoms with Crippen molar-refractivity contribution in [3.05, 3.63) is 0 Å². The number of hydrogen-bond donors (Lipinski definition) is 2. The summed E-state index contributed by atoms with van der Waals surface area (Å²) in [6.07, 6.45) is 4.91. The molecule has 0 bridgehead atoms. The fourth-order valence-electron chi connectivity index (χ4n) is 2.36. The van der Waals surface area contributed by atoms with Crippen molar-refractivity contribution in [1.82, 2.24) is 10.6 Å². The second-order valence-corrected chi connectivity index (χ2v) is 8.02. The summed E-state index contributed by atoms with van der Waals surface area (Å²) in [4.78, 5) is 0. The summed E-state index contributed by atoms with van der Waals surface area (Å²) in [5.74, 6) is 0. The van der Waals surface area contributed by atoms with Gasteiger partial charge in [0.05, 0.1) is 0 Å². The molecule has 0 aromatic rings. The van der Waals surface area contributed by atoms with Crippen LogP contribution in [0.15, 0.2) is 0 Å². The van der Waals surface area contributed by atoms with Crippen LogP contribution < -0.4 is 10.6 Å². The summed E-state index contributed by atoms with van der Waals surface area (Å²) in [5.41, 5.74) is 0. The van der Waals surface area contributed by atoms with E-state index in [0.717, 1.165) is 38.6 Å². The maximum Gasteiger partial charge on any atom is 0.500 e. The zero-order valence-electron chi connectivity index (χ0n) is 15.2. The molecule has 6 heteroatoms. The molecule has 0 saturated carbocycles. The smallest absolute Gasteiger partial charge is 0.374 e. The molecule has 0 fully saturated rings. The highest BCUT2D eigenvalue weighted by molar-refractivity contribution is 6.60. The van der Waals surface area contributed by atoms with Gasteiger partial charge in [0.1, 0.15) is 0 Å². The molecular formula is C16H38N2O3Si. The number of hydrogen-bond acceptors (Lipinski definition) is 5. The van der Waals surface area contributed by atoms with Crippen LogP contribution in [-0.2, 0) is 13.3 Å². The van der Waals surface area contributed by atoms with Gasteiger partial charge in [0, 0.05) is 39.0 Å². The Hall–Kier alpha value is 0.0169. The summed E-state index contributed by atoms with van der Waals surface area (Å²) < 4.78 is 17.5. The van der Waals surface area contributed by atoms with E-state index in [0.29, 0.717) is 19.8 Å². The maximum atomic E-state index is 5.85. The third-order valence-corrected chi connectivity index (χ3v) is 6.52. The van der Waals surface area contributed by atoms with Crippen LogP contribution in [0.1, 0.15) is 53.4 Å². The highest BCUT2D eigenvalue weighted by atomic mass is 28.4. The van der Waals surface area contributed by atoms with Crippen LogP contribution in [0.3, 0.4) is 0 Å². The SMILES string of the molecule is CCCCCNCCNCCC[Si](OCC)(OCC)OCC. The average Bonchev–Trinajstić information content (AvgIpc) is 2.50. The lowest BCUT2D eigenvalue weighted by atomic mass is 10.2. The Morgan fingerprint density at radius 2 is 1.14 bits per heavy atom. The second-order valence-electron chi connectivity index (χ2n) is 5.29. The van der Waals surface area contributed by atoms with Crippen molar-refractivity contribution >= 4 is 8.80 Å². The summed E-state index contributed by atoms with van der Waals surface area (Å²) in [5, 5.41) is 6.93. The maximum absolute atomic E-state index is 5.85. The minimum atomic E-state index is -2.44. The minimum absolute atomic E-state index is 0.654. The first kappa shape index (κ1) is 22.0. The molecule has 0 saturated heterocycles. The first-order valence-corrected chi connectivity index (χ1v) is 11.0. The quantitative estimate of drug-likeness (QED) is 0.316. The fraction of sp³-hybridized carbons (Fsp3) is 1.00. The summed E-state index contributed by atoms with van der Waals surface area (Å²) in [7, 11) is -2.44. The molecule has 0 spiro atoms. The Bertz CT molecular complexity index is 216. The van der Waals surface area contributed by atoms with Crippen molar-refractivity contribution < 1.29 is 13.3 Å². The van der Waals surface area contributed by atoms with Gasteiger partial charge in [-0.05, 0) is 46.7 Å². The highest BCUT2D eigenvalue weighted by Crippen LogP contribution is 2.17. The number of unbranched alkanes of at least 4 members (excludes halogenated alkanes) is 2. The van der Waals surface area contributed by atoms with Crippen LogP contribution in [0.25, 0.3) is 0 Å².